The topological polar surface area (TPSA) is 35.5 Å². The van der Waals surface area contributed by atoms with E-state index >= 15 is 0 Å². The van der Waals surface area contributed by atoms with Crippen molar-refractivity contribution in [2.24, 2.45) is 0 Å². The number of allylic oxidation sites excluding steroid dienone is 1. The Labute approximate surface area is 138 Å². The Morgan fingerprint density at radius 3 is 2.64 bits per heavy atom. The summed E-state index contributed by atoms with van der Waals surface area (Å²) < 4.78 is 10.9. The van der Waals surface area contributed by atoms with Crippen LogP contribution in [0.2, 0.25) is 10.0 Å². The van der Waals surface area contributed by atoms with E-state index in [-0.39, 0.29) is 5.78 Å². The summed E-state index contributed by atoms with van der Waals surface area (Å²) >= 11 is 12.0. The Balaban J connectivity index is 1.82. The summed E-state index contributed by atoms with van der Waals surface area (Å²) in [6.45, 7) is 1.01. The number of carbonyl (C=O) groups is 1. The zero-order chi connectivity index (χ0) is 15.5. The van der Waals surface area contributed by atoms with Gasteiger partial charge in [0.1, 0.15) is 13.2 Å². The molecule has 0 aliphatic carbocycles. The van der Waals surface area contributed by atoms with E-state index in [1.165, 1.54) is 6.08 Å². The van der Waals surface area contributed by atoms with E-state index in [0.717, 1.165) is 0 Å². The molecule has 5 heteroatoms. The fourth-order valence-corrected chi connectivity index (χ4v) is 2.48. The third-order valence-electron chi connectivity index (χ3n) is 3.22. The van der Waals surface area contributed by atoms with E-state index in [9.17, 15) is 4.79 Å². The van der Waals surface area contributed by atoms with Crippen LogP contribution in [-0.2, 0) is 0 Å². The van der Waals surface area contributed by atoms with E-state index in [4.69, 9.17) is 32.7 Å². The molecule has 3 rings (SSSR count). The van der Waals surface area contributed by atoms with Crippen molar-refractivity contribution in [1.29, 1.82) is 0 Å². The lowest BCUT2D eigenvalue weighted by Crippen LogP contribution is -2.15. The molecule has 112 valence electrons. The third-order valence-corrected chi connectivity index (χ3v) is 4.06. The Bertz CT molecular complexity index is 754. The van der Waals surface area contributed by atoms with Crippen LogP contribution >= 0.6 is 23.2 Å². The molecule has 3 nitrogen and oxygen atoms in total. The number of fused-ring (bicyclic) bond motifs is 1. The summed E-state index contributed by atoms with van der Waals surface area (Å²) in [5.41, 5.74) is 1.22. The zero-order valence-corrected chi connectivity index (χ0v) is 13.0. The molecule has 2 aromatic rings. The number of hydrogen-bond donors (Lipinski definition) is 0. The van der Waals surface area contributed by atoms with E-state index in [1.807, 2.05) is 0 Å². The predicted octanol–water partition coefficient (Wildman–Crippen LogP) is 4.66. The van der Waals surface area contributed by atoms with Crippen molar-refractivity contribution in [2.45, 2.75) is 0 Å². The average Bonchev–Trinajstić information content (AvgIpc) is 2.55. The van der Waals surface area contributed by atoms with Gasteiger partial charge in [0.2, 0.25) is 0 Å². The maximum Gasteiger partial charge on any atom is 0.185 e. The predicted molar refractivity (Wildman–Crippen MR) is 87.3 cm³/mol. The molecule has 0 saturated carbocycles. The fraction of sp³-hybridized carbons (Fsp3) is 0.118. The summed E-state index contributed by atoms with van der Waals surface area (Å²) in [6, 6.07) is 10.4. The first-order valence-corrected chi connectivity index (χ1v) is 7.47. The summed E-state index contributed by atoms with van der Waals surface area (Å²) in [5.74, 6) is 1.10. The lowest BCUT2D eigenvalue weighted by atomic mass is 10.1. The highest BCUT2D eigenvalue weighted by atomic mass is 35.5. The molecule has 0 spiro atoms. The van der Waals surface area contributed by atoms with Crippen molar-refractivity contribution in [3.05, 3.63) is 63.6 Å². The molecule has 2 aromatic carbocycles. The average molecular weight is 335 g/mol. The Kier molecular flexibility index (Phi) is 4.36. The van der Waals surface area contributed by atoms with Gasteiger partial charge in [0.25, 0.3) is 0 Å². The smallest absolute Gasteiger partial charge is 0.185 e. The van der Waals surface area contributed by atoms with Crippen LogP contribution in [0, 0.1) is 0 Å². The van der Waals surface area contributed by atoms with Crippen LogP contribution in [0.5, 0.6) is 11.5 Å². The molecule has 0 unspecified atom stereocenters. The largest absolute Gasteiger partial charge is 0.486 e. The summed E-state index contributed by atoms with van der Waals surface area (Å²) in [4.78, 5) is 12.2. The van der Waals surface area contributed by atoms with Gasteiger partial charge in [0, 0.05) is 5.56 Å². The highest BCUT2D eigenvalue weighted by Gasteiger charge is 2.13. The normalized spacial score (nSPS) is 13.4. The number of ketones is 1. The lowest BCUT2D eigenvalue weighted by molar-refractivity contribution is 0.104. The van der Waals surface area contributed by atoms with Gasteiger partial charge in [-0.15, -0.1) is 0 Å². The van der Waals surface area contributed by atoms with Crippen molar-refractivity contribution < 1.29 is 14.3 Å². The maximum atomic E-state index is 12.2. The SMILES string of the molecule is O=C(/C=C/c1cccc(Cl)c1Cl)c1ccc2c(c1)OCCO2. The highest BCUT2D eigenvalue weighted by molar-refractivity contribution is 6.42. The van der Waals surface area contributed by atoms with Gasteiger partial charge in [-0.05, 0) is 42.0 Å². The third kappa shape index (κ3) is 3.11. The number of ether oxygens (including phenoxy) is 2. The molecular weight excluding hydrogens is 323 g/mol. The van der Waals surface area contributed by atoms with Crippen LogP contribution in [0.4, 0.5) is 0 Å². The number of halogens is 2. The minimum Gasteiger partial charge on any atom is -0.486 e. The minimum atomic E-state index is -0.145. The Morgan fingerprint density at radius 2 is 1.82 bits per heavy atom. The molecule has 0 atom stereocenters. The first-order valence-electron chi connectivity index (χ1n) is 6.71. The molecular formula is C17H12Cl2O3. The molecule has 0 amide bonds. The van der Waals surface area contributed by atoms with Crippen LogP contribution in [0.1, 0.15) is 15.9 Å². The monoisotopic (exact) mass is 334 g/mol. The summed E-state index contributed by atoms with van der Waals surface area (Å²) in [6.07, 6.45) is 3.11. The standard InChI is InChI=1S/C17H12Cl2O3/c18-13-3-1-2-11(17(13)19)4-6-14(20)12-5-7-15-16(10-12)22-9-8-21-15/h1-7,10H,8-9H2/b6-4+. The molecule has 1 aliphatic rings. The quantitative estimate of drug-likeness (QED) is 0.604. The van der Waals surface area contributed by atoms with E-state index < -0.39 is 0 Å². The Morgan fingerprint density at radius 1 is 1.05 bits per heavy atom. The van der Waals surface area contributed by atoms with E-state index in [1.54, 1.807) is 42.5 Å². The van der Waals surface area contributed by atoms with Crippen LogP contribution in [0.15, 0.2) is 42.5 Å². The van der Waals surface area contributed by atoms with Crippen LogP contribution in [0.3, 0.4) is 0 Å². The van der Waals surface area contributed by atoms with Crippen molar-refractivity contribution >= 4 is 35.1 Å². The summed E-state index contributed by atoms with van der Waals surface area (Å²) in [7, 11) is 0. The van der Waals surface area contributed by atoms with Crippen LogP contribution in [-0.4, -0.2) is 19.0 Å². The molecule has 0 radical (unpaired) electrons. The zero-order valence-electron chi connectivity index (χ0n) is 11.5. The van der Waals surface area contributed by atoms with Gasteiger partial charge < -0.3 is 9.47 Å². The minimum absolute atomic E-state index is 0.145. The number of benzene rings is 2. The van der Waals surface area contributed by atoms with Crippen molar-refractivity contribution in [3.8, 4) is 11.5 Å². The molecule has 0 bridgehead atoms. The van der Waals surface area contributed by atoms with Crippen molar-refractivity contribution in [3.63, 3.8) is 0 Å². The summed E-state index contributed by atoms with van der Waals surface area (Å²) in [5, 5.41) is 0.881. The lowest BCUT2D eigenvalue weighted by Gasteiger charge is -2.18. The van der Waals surface area contributed by atoms with Crippen molar-refractivity contribution in [1.82, 2.24) is 0 Å². The second-order valence-electron chi connectivity index (χ2n) is 4.70. The molecule has 1 aliphatic heterocycles. The second-order valence-corrected chi connectivity index (χ2v) is 5.48. The second kappa shape index (κ2) is 6.42. The highest BCUT2D eigenvalue weighted by Crippen LogP contribution is 2.31. The molecule has 0 saturated heterocycles. The maximum absolute atomic E-state index is 12.2. The van der Waals surface area contributed by atoms with Gasteiger partial charge in [-0.3, -0.25) is 4.79 Å². The molecule has 0 N–H and O–H groups in total. The van der Waals surface area contributed by atoms with Gasteiger partial charge in [-0.1, -0.05) is 35.3 Å². The first kappa shape index (κ1) is 14.9. The van der Waals surface area contributed by atoms with Gasteiger partial charge in [-0.2, -0.15) is 0 Å². The number of carbonyl (C=O) groups excluding carboxylic acids is 1. The fourth-order valence-electron chi connectivity index (χ4n) is 2.11. The molecule has 22 heavy (non-hydrogen) atoms. The molecule has 0 aromatic heterocycles. The number of hydrogen-bond acceptors (Lipinski definition) is 3. The molecule has 0 fully saturated rings. The van der Waals surface area contributed by atoms with E-state index in [0.29, 0.717) is 45.9 Å². The van der Waals surface area contributed by atoms with Crippen molar-refractivity contribution in [2.75, 3.05) is 13.2 Å². The molecule has 1 heterocycles. The van der Waals surface area contributed by atoms with Gasteiger partial charge in [0.05, 0.1) is 10.0 Å². The Hall–Kier alpha value is -1.97. The van der Waals surface area contributed by atoms with Gasteiger partial charge in [0.15, 0.2) is 17.3 Å². The van der Waals surface area contributed by atoms with Gasteiger partial charge >= 0.3 is 0 Å². The van der Waals surface area contributed by atoms with E-state index in [2.05, 4.69) is 0 Å². The number of rotatable bonds is 3. The first-order chi connectivity index (χ1) is 10.6. The van der Waals surface area contributed by atoms with Gasteiger partial charge in [-0.25, -0.2) is 0 Å². The van der Waals surface area contributed by atoms with Crippen LogP contribution in [0.25, 0.3) is 6.08 Å². The van der Waals surface area contributed by atoms with Crippen LogP contribution < -0.4 is 9.47 Å².